The molecule has 4 rings (SSSR count). The molecule has 4 aromatic rings. The molecule has 1 aromatic heterocycles. The Bertz CT molecular complexity index is 1370. The second-order valence-corrected chi connectivity index (χ2v) is 8.84. The zero-order valence-corrected chi connectivity index (χ0v) is 18.2. The van der Waals surface area contributed by atoms with Gasteiger partial charge >= 0.3 is 0 Å². The molecule has 0 aliphatic carbocycles. The summed E-state index contributed by atoms with van der Waals surface area (Å²) < 4.78 is 34.1. The number of hydrogen-bond acceptors (Lipinski definition) is 6. The summed E-state index contributed by atoms with van der Waals surface area (Å²) in [5.74, 6) is 0.982. The summed E-state index contributed by atoms with van der Waals surface area (Å²) >= 11 is 0. The number of aromatic nitrogens is 2. The van der Waals surface area contributed by atoms with Crippen molar-refractivity contribution in [3.8, 4) is 5.75 Å². The number of hydrogen-bond donors (Lipinski definition) is 2. The van der Waals surface area contributed by atoms with E-state index in [0.29, 0.717) is 22.5 Å². The number of fused-ring (bicyclic) bond motifs is 1. The molecule has 2 N–H and O–H groups in total. The lowest BCUT2D eigenvalue weighted by atomic mass is 10.2. The van der Waals surface area contributed by atoms with Crippen molar-refractivity contribution in [2.24, 2.45) is 0 Å². The monoisotopic (exact) mass is 434 g/mol. The van der Waals surface area contributed by atoms with Gasteiger partial charge in [-0.25, -0.2) is 18.4 Å². The molecular formula is C23H22N4O3S. The minimum absolute atomic E-state index is 0.101. The van der Waals surface area contributed by atoms with Gasteiger partial charge < -0.3 is 10.1 Å². The summed E-state index contributed by atoms with van der Waals surface area (Å²) in [6, 6.07) is 19.6. The van der Waals surface area contributed by atoms with Crippen molar-refractivity contribution in [3.05, 3.63) is 77.9 Å². The van der Waals surface area contributed by atoms with Gasteiger partial charge in [-0.3, -0.25) is 4.72 Å². The predicted molar refractivity (Wildman–Crippen MR) is 123 cm³/mol. The highest BCUT2D eigenvalue weighted by molar-refractivity contribution is 7.92. The minimum atomic E-state index is -3.87. The Labute approximate surface area is 181 Å². The molecule has 7 nitrogen and oxygen atoms in total. The van der Waals surface area contributed by atoms with Gasteiger partial charge in [-0.05, 0) is 61.4 Å². The van der Waals surface area contributed by atoms with Crippen LogP contribution in [-0.4, -0.2) is 25.5 Å². The molecule has 0 unspecified atom stereocenters. The van der Waals surface area contributed by atoms with E-state index in [-0.39, 0.29) is 16.5 Å². The molecule has 0 bridgehead atoms. The van der Waals surface area contributed by atoms with Crippen LogP contribution in [-0.2, 0) is 10.0 Å². The molecule has 0 fully saturated rings. The van der Waals surface area contributed by atoms with E-state index >= 15 is 0 Å². The van der Waals surface area contributed by atoms with Crippen molar-refractivity contribution in [1.82, 2.24) is 9.97 Å². The molecule has 31 heavy (non-hydrogen) atoms. The van der Waals surface area contributed by atoms with E-state index in [4.69, 9.17) is 4.74 Å². The first-order valence-corrected chi connectivity index (χ1v) is 11.1. The van der Waals surface area contributed by atoms with Gasteiger partial charge in [0.25, 0.3) is 10.0 Å². The van der Waals surface area contributed by atoms with Crippen LogP contribution >= 0.6 is 0 Å². The van der Waals surface area contributed by atoms with Crippen LogP contribution in [0.1, 0.15) is 11.1 Å². The molecular weight excluding hydrogens is 412 g/mol. The largest absolute Gasteiger partial charge is 0.495 e. The van der Waals surface area contributed by atoms with Crippen molar-refractivity contribution >= 4 is 38.4 Å². The summed E-state index contributed by atoms with van der Waals surface area (Å²) in [5, 5.41) is 3.18. The normalized spacial score (nSPS) is 11.3. The summed E-state index contributed by atoms with van der Waals surface area (Å²) in [5.41, 5.74) is 3.72. The number of anilines is 3. The van der Waals surface area contributed by atoms with Gasteiger partial charge in [-0.1, -0.05) is 30.3 Å². The molecule has 0 aliphatic rings. The second-order valence-electron chi connectivity index (χ2n) is 7.16. The van der Waals surface area contributed by atoms with Gasteiger partial charge in [0, 0.05) is 0 Å². The number of methoxy groups -OCH3 is 1. The van der Waals surface area contributed by atoms with Crippen molar-refractivity contribution in [2.45, 2.75) is 18.7 Å². The van der Waals surface area contributed by atoms with Gasteiger partial charge in [0.05, 0.1) is 28.7 Å². The van der Waals surface area contributed by atoms with Crippen LogP contribution in [0.2, 0.25) is 0 Å². The topological polar surface area (TPSA) is 93.2 Å². The Balaban J connectivity index is 1.82. The van der Waals surface area contributed by atoms with Gasteiger partial charge in [-0.2, -0.15) is 0 Å². The summed E-state index contributed by atoms with van der Waals surface area (Å²) in [6.07, 6.45) is 0. The highest BCUT2D eigenvalue weighted by Crippen LogP contribution is 2.32. The molecule has 0 aliphatic heterocycles. The molecule has 0 atom stereocenters. The highest BCUT2D eigenvalue weighted by Gasteiger charge is 2.20. The van der Waals surface area contributed by atoms with Crippen molar-refractivity contribution in [1.29, 1.82) is 0 Å². The number of benzene rings is 3. The first-order valence-electron chi connectivity index (χ1n) is 9.64. The number of nitrogens with zero attached hydrogens (tertiary/aromatic N) is 2. The average molecular weight is 435 g/mol. The first-order chi connectivity index (χ1) is 14.9. The van der Waals surface area contributed by atoms with Crippen LogP contribution in [0.15, 0.2) is 71.6 Å². The quantitative estimate of drug-likeness (QED) is 0.453. The van der Waals surface area contributed by atoms with E-state index in [1.807, 2.05) is 56.3 Å². The molecule has 0 spiro atoms. The predicted octanol–water partition coefficient (Wildman–Crippen LogP) is 4.80. The van der Waals surface area contributed by atoms with Gasteiger partial charge in [-0.15, -0.1) is 0 Å². The molecule has 3 aromatic carbocycles. The molecule has 1 heterocycles. The lowest BCUT2D eigenvalue weighted by Crippen LogP contribution is -2.16. The van der Waals surface area contributed by atoms with Crippen molar-refractivity contribution in [3.63, 3.8) is 0 Å². The Hall–Kier alpha value is -3.65. The zero-order chi connectivity index (χ0) is 22.0. The maximum atomic E-state index is 13.0. The Kier molecular flexibility index (Phi) is 5.48. The molecule has 8 heteroatoms. The van der Waals surface area contributed by atoms with E-state index in [1.54, 1.807) is 31.4 Å². The Morgan fingerprint density at radius 2 is 1.48 bits per heavy atom. The van der Waals surface area contributed by atoms with Crippen LogP contribution < -0.4 is 14.8 Å². The standard InChI is InChI=1S/C23H22N4O3S/c1-15-7-6-8-17(13-15)31(28,29)27-23-22(24-18-9-4-5-10-19(18)25-23)26-20-14-16(2)11-12-21(20)30-3/h4-14H,1-3H3,(H,24,26)(H,25,27). The molecule has 0 radical (unpaired) electrons. The number of para-hydroxylation sites is 2. The zero-order valence-electron chi connectivity index (χ0n) is 17.4. The summed E-state index contributed by atoms with van der Waals surface area (Å²) in [6.45, 7) is 3.80. The summed E-state index contributed by atoms with van der Waals surface area (Å²) in [7, 11) is -2.29. The third-order valence-corrected chi connectivity index (χ3v) is 6.05. The Morgan fingerprint density at radius 3 is 2.16 bits per heavy atom. The minimum Gasteiger partial charge on any atom is -0.495 e. The molecule has 158 valence electrons. The summed E-state index contributed by atoms with van der Waals surface area (Å²) in [4.78, 5) is 9.30. The SMILES string of the molecule is COc1ccc(C)cc1Nc1nc2ccccc2nc1NS(=O)(=O)c1cccc(C)c1. The Morgan fingerprint density at radius 1 is 0.806 bits per heavy atom. The second kappa shape index (κ2) is 8.23. The highest BCUT2D eigenvalue weighted by atomic mass is 32.2. The van der Waals surface area contributed by atoms with Crippen LogP contribution in [0, 0.1) is 13.8 Å². The van der Waals surface area contributed by atoms with Crippen LogP contribution in [0.5, 0.6) is 5.75 Å². The number of rotatable bonds is 6. The fourth-order valence-electron chi connectivity index (χ4n) is 3.17. The van der Waals surface area contributed by atoms with Gasteiger partial charge in [0.1, 0.15) is 5.75 Å². The number of nitrogens with one attached hydrogen (secondary N) is 2. The van der Waals surface area contributed by atoms with E-state index < -0.39 is 10.0 Å². The van der Waals surface area contributed by atoms with E-state index in [9.17, 15) is 8.42 Å². The molecule has 0 saturated carbocycles. The third-order valence-electron chi connectivity index (χ3n) is 4.71. The van der Waals surface area contributed by atoms with Gasteiger partial charge in [0.15, 0.2) is 11.6 Å². The van der Waals surface area contributed by atoms with Crippen LogP contribution in [0.4, 0.5) is 17.3 Å². The maximum Gasteiger partial charge on any atom is 0.263 e. The first kappa shape index (κ1) is 20.6. The van der Waals surface area contributed by atoms with E-state index in [0.717, 1.165) is 11.1 Å². The van der Waals surface area contributed by atoms with Crippen LogP contribution in [0.3, 0.4) is 0 Å². The number of ether oxygens (including phenoxy) is 1. The lowest BCUT2D eigenvalue weighted by Gasteiger charge is -2.16. The van der Waals surface area contributed by atoms with Crippen LogP contribution in [0.25, 0.3) is 11.0 Å². The van der Waals surface area contributed by atoms with Crippen molar-refractivity contribution in [2.75, 3.05) is 17.1 Å². The molecule has 0 saturated heterocycles. The van der Waals surface area contributed by atoms with E-state index in [1.165, 1.54) is 0 Å². The smallest absolute Gasteiger partial charge is 0.263 e. The third kappa shape index (κ3) is 4.44. The molecule has 0 amide bonds. The number of aryl methyl sites for hydroxylation is 2. The fraction of sp³-hybridized carbons (Fsp3) is 0.130. The average Bonchev–Trinajstić information content (AvgIpc) is 2.74. The van der Waals surface area contributed by atoms with E-state index in [2.05, 4.69) is 20.0 Å². The fourth-order valence-corrected chi connectivity index (χ4v) is 4.29. The number of sulfonamides is 1. The van der Waals surface area contributed by atoms with Gasteiger partial charge in [0.2, 0.25) is 0 Å². The maximum absolute atomic E-state index is 13.0. The van der Waals surface area contributed by atoms with Crippen molar-refractivity contribution < 1.29 is 13.2 Å². The lowest BCUT2D eigenvalue weighted by molar-refractivity contribution is 0.416.